The van der Waals surface area contributed by atoms with Crippen molar-refractivity contribution in [3.63, 3.8) is 0 Å². The molecule has 2 saturated carbocycles. The van der Waals surface area contributed by atoms with Crippen molar-refractivity contribution >= 4 is 99.5 Å². The van der Waals surface area contributed by atoms with E-state index in [2.05, 4.69) is 9.97 Å². The van der Waals surface area contributed by atoms with Crippen molar-refractivity contribution in [3.8, 4) is 0 Å². The number of aromatic amines is 2. The molecule has 2 aliphatic heterocycles. The van der Waals surface area contributed by atoms with Crippen LogP contribution >= 0.6 is 46.4 Å². The number of benzene rings is 4. The van der Waals surface area contributed by atoms with Gasteiger partial charge in [0.25, 0.3) is 11.8 Å². The second kappa shape index (κ2) is 21.0. The van der Waals surface area contributed by atoms with Crippen LogP contribution in [0.5, 0.6) is 0 Å². The van der Waals surface area contributed by atoms with Gasteiger partial charge in [-0.3, -0.25) is 0 Å². The summed E-state index contributed by atoms with van der Waals surface area (Å²) in [5.41, 5.74) is 4.70. The standard InChI is InChI=1S/2C25H27Cl2F2N3O3S/c2*26-19-13-20-22(21(27)23(19)32-10-8-25(28,29)9-11-32)31-24(30-20)18(7-12-33)16-3-5-17(6-4-16)36(34,35)14-15-1-2-15/h2*3-6,13,15,18,33H,1-2,7-12,14H2,(H,30,31)/t2*18-/m10/s1. The summed E-state index contributed by atoms with van der Waals surface area (Å²) in [7, 11) is -6.65. The van der Waals surface area contributed by atoms with Crippen molar-refractivity contribution in [2.24, 2.45) is 11.8 Å². The summed E-state index contributed by atoms with van der Waals surface area (Å²) in [4.78, 5) is 20.0. The molecule has 6 aromatic rings. The summed E-state index contributed by atoms with van der Waals surface area (Å²) in [6.45, 7) is 0.337. The minimum atomic E-state index is -3.33. The summed E-state index contributed by atoms with van der Waals surface area (Å²) in [5, 5.41) is 20.7. The first-order chi connectivity index (χ1) is 34.2. The average Bonchev–Trinajstić information content (AvgIpc) is 4.25. The Hall–Kier alpha value is -3.88. The van der Waals surface area contributed by atoms with Crippen LogP contribution in [0.2, 0.25) is 20.1 Å². The monoisotopic (exact) mass is 1110 g/mol. The topological polar surface area (TPSA) is 173 Å². The smallest absolute Gasteiger partial charge is 0.251 e. The molecule has 2 saturated heterocycles. The number of nitrogens with one attached hydrogen (secondary N) is 2. The first-order valence-corrected chi connectivity index (χ1v) is 28.9. The summed E-state index contributed by atoms with van der Waals surface area (Å²) >= 11 is 26.4. The number of aliphatic hydroxyl groups is 2. The van der Waals surface area contributed by atoms with Crippen molar-refractivity contribution in [2.75, 3.05) is 60.7 Å². The number of anilines is 2. The van der Waals surface area contributed by atoms with E-state index in [1.54, 1.807) is 70.5 Å². The van der Waals surface area contributed by atoms with Gasteiger partial charge >= 0.3 is 0 Å². The number of sulfone groups is 2. The molecular weight excluding hydrogens is 1060 g/mol. The van der Waals surface area contributed by atoms with Gasteiger partial charge in [0, 0.05) is 76.9 Å². The zero-order valence-corrected chi connectivity index (χ0v) is 43.6. The molecule has 4 aromatic carbocycles. The number of hydrogen-bond acceptors (Lipinski definition) is 10. The number of imidazole rings is 2. The second-order valence-electron chi connectivity index (χ2n) is 19.5. The van der Waals surface area contributed by atoms with E-state index in [9.17, 15) is 44.6 Å². The van der Waals surface area contributed by atoms with Gasteiger partial charge in [-0.15, -0.1) is 0 Å². The van der Waals surface area contributed by atoms with Crippen molar-refractivity contribution in [1.82, 2.24) is 19.9 Å². The molecule has 2 atom stereocenters. The molecule has 2 aliphatic carbocycles. The molecule has 0 bridgehead atoms. The predicted octanol–water partition coefficient (Wildman–Crippen LogP) is 11.6. The van der Waals surface area contributed by atoms with E-state index in [0.29, 0.717) is 68.0 Å². The van der Waals surface area contributed by atoms with E-state index in [4.69, 9.17) is 56.4 Å². The van der Waals surface area contributed by atoms with E-state index in [-0.39, 0.29) is 120 Å². The lowest BCUT2D eigenvalue weighted by Crippen LogP contribution is -2.39. The molecular formula is C50H54Cl4F4N6O6S2. The van der Waals surface area contributed by atoms with Crippen molar-refractivity contribution in [2.45, 2.75) is 97.7 Å². The van der Waals surface area contributed by atoms with Crippen LogP contribution in [-0.2, 0) is 19.7 Å². The molecule has 0 amide bonds. The van der Waals surface area contributed by atoms with E-state index in [1.807, 2.05) is 0 Å². The third-order valence-corrected chi connectivity index (χ3v) is 19.1. The summed E-state index contributed by atoms with van der Waals surface area (Å²) in [6.07, 6.45) is 3.47. The van der Waals surface area contributed by atoms with Crippen LogP contribution in [0, 0.1) is 11.8 Å². The van der Waals surface area contributed by atoms with Crippen LogP contribution in [0.1, 0.15) is 98.8 Å². The number of nitrogens with zero attached hydrogens (tertiary/aromatic N) is 4. The maximum Gasteiger partial charge on any atom is 0.251 e. The Morgan fingerprint density at radius 1 is 0.583 bits per heavy atom. The highest BCUT2D eigenvalue weighted by Crippen LogP contribution is 2.45. The molecule has 4 heterocycles. The maximum atomic E-state index is 13.7. The minimum absolute atomic E-state index is 0.106. The Kier molecular flexibility index (Phi) is 15.5. The van der Waals surface area contributed by atoms with Gasteiger partial charge < -0.3 is 30.0 Å². The molecule has 22 heteroatoms. The van der Waals surface area contributed by atoms with Gasteiger partial charge in [0.05, 0.1) is 63.8 Å². The Balaban J connectivity index is 0.000000178. The van der Waals surface area contributed by atoms with E-state index < -0.39 is 31.5 Å². The molecule has 4 fully saturated rings. The highest BCUT2D eigenvalue weighted by Gasteiger charge is 2.38. The predicted molar refractivity (Wildman–Crippen MR) is 275 cm³/mol. The third-order valence-electron chi connectivity index (χ3n) is 14.0. The number of halogens is 8. The van der Waals surface area contributed by atoms with Crippen molar-refractivity contribution in [1.29, 1.82) is 0 Å². The molecule has 10 rings (SSSR count). The summed E-state index contributed by atoms with van der Waals surface area (Å²) in [5.74, 6) is -4.10. The Labute approximate surface area is 435 Å². The number of aliphatic hydroxyl groups excluding tert-OH is 2. The van der Waals surface area contributed by atoms with Crippen LogP contribution in [-0.4, -0.2) is 110 Å². The van der Waals surface area contributed by atoms with Gasteiger partial charge in [-0.1, -0.05) is 70.7 Å². The third kappa shape index (κ3) is 11.8. The summed E-state index contributed by atoms with van der Waals surface area (Å²) in [6, 6.07) is 16.8. The van der Waals surface area contributed by atoms with Gasteiger partial charge in [-0.25, -0.2) is 44.4 Å². The number of alkyl halides is 4. The molecule has 2 aromatic heterocycles. The number of fused-ring (bicyclic) bond motifs is 2. The lowest BCUT2D eigenvalue weighted by Gasteiger charge is -2.34. The van der Waals surface area contributed by atoms with Crippen LogP contribution in [0.4, 0.5) is 28.9 Å². The van der Waals surface area contributed by atoms with Crippen LogP contribution < -0.4 is 9.80 Å². The Bertz CT molecular complexity index is 2940. The molecule has 4 N–H and O–H groups in total. The quantitative estimate of drug-likeness (QED) is 0.0684. The van der Waals surface area contributed by atoms with Gasteiger partial charge in [-0.05, 0) is 97.9 Å². The second-order valence-corrected chi connectivity index (χ2v) is 25.1. The van der Waals surface area contributed by atoms with Crippen LogP contribution in [0.15, 0.2) is 70.5 Å². The molecule has 388 valence electrons. The highest BCUT2D eigenvalue weighted by atomic mass is 35.5. The fourth-order valence-electron chi connectivity index (χ4n) is 9.58. The van der Waals surface area contributed by atoms with E-state index in [0.717, 1.165) is 36.8 Å². The first kappa shape index (κ1) is 53.0. The molecule has 4 aliphatic rings. The number of rotatable bonds is 16. The van der Waals surface area contributed by atoms with E-state index >= 15 is 0 Å². The summed E-state index contributed by atoms with van der Waals surface area (Å²) < 4.78 is 105. The molecule has 0 radical (unpaired) electrons. The van der Waals surface area contributed by atoms with E-state index in [1.165, 1.54) is 0 Å². The van der Waals surface area contributed by atoms with Crippen molar-refractivity contribution < 1.29 is 44.6 Å². The zero-order valence-electron chi connectivity index (χ0n) is 39.0. The first-order valence-electron chi connectivity index (χ1n) is 24.0. The van der Waals surface area contributed by atoms with Crippen molar-refractivity contribution in [3.05, 3.63) is 104 Å². The Morgan fingerprint density at radius 3 is 1.22 bits per heavy atom. The maximum absolute atomic E-state index is 13.7. The normalized spacial score (nSPS) is 19.1. The largest absolute Gasteiger partial charge is 0.396 e. The molecule has 0 unspecified atom stereocenters. The number of hydrogen-bond donors (Lipinski definition) is 4. The fourth-order valence-corrected chi connectivity index (χ4v) is 14.4. The molecule has 12 nitrogen and oxygen atoms in total. The average molecular weight is 1120 g/mol. The highest BCUT2D eigenvalue weighted by molar-refractivity contribution is 7.91. The number of aromatic nitrogens is 4. The lowest BCUT2D eigenvalue weighted by atomic mass is 9.95. The fraction of sp³-hybridized carbons (Fsp3) is 0.480. The van der Waals surface area contributed by atoms with Gasteiger partial charge in [0.1, 0.15) is 22.7 Å². The SMILES string of the molecule is O=S(=O)(CC1CC1)c1ccc([C@@H](CCO)c2nc3c(Cl)c(N4CCC(F)(F)CC4)c(Cl)cc3[nH]2)cc1.O=S(=O)(CC1CC1)c1ccc([C@H](CCO)c2nc3c(Cl)c(N4CCC(F)(F)CC4)c(Cl)cc3[nH]2)cc1. The number of H-pyrrole nitrogens is 2. The van der Waals surface area contributed by atoms with Gasteiger partial charge in [0.2, 0.25) is 0 Å². The van der Waals surface area contributed by atoms with Gasteiger partial charge in [-0.2, -0.15) is 0 Å². The minimum Gasteiger partial charge on any atom is -0.396 e. The lowest BCUT2D eigenvalue weighted by molar-refractivity contribution is -0.0226. The molecule has 72 heavy (non-hydrogen) atoms. The van der Waals surface area contributed by atoms with Crippen LogP contribution in [0.25, 0.3) is 22.1 Å². The Morgan fingerprint density at radius 2 is 0.917 bits per heavy atom. The van der Waals surface area contributed by atoms with Crippen LogP contribution in [0.3, 0.4) is 0 Å². The van der Waals surface area contributed by atoms with Gasteiger partial charge in [0.15, 0.2) is 19.7 Å². The number of piperidine rings is 2. The zero-order chi connectivity index (χ0) is 51.3. The molecule has 0 spiro atoms.